The highest BCUT2D eigenvalue weighted by atomic mass is 16.5. The maximum atomic E-state index is 12.3. The quantitative estimate of drug-likeness (QED) is 0.723. The van der Waals surface area contributed by atoms with Crippen molar-refractivity contribution in [3.63, 3.8) is 0 Å². The molecule has 1 aromatic carbocycles. The SMILES string of the molecule is C=CCC12C=C(OC)C(=O)CC1OC(c1ccc(OC)c(OC)c1)C2C. The molecule has 1 heterocycles. The highest BCUT2D eigenvalue weighted by molar-refractivity contribution is 5.95. The Morgan fingerprint density at radius 3 is 2.58 bits per heavy atom. The summed E-state index contributed by atoms with van der Waals surface area (Å²) in [4.78, 5) is 12.3. The standard InChI is InChI=1S/C21H26O5/c1-6-9-21-12-18(25-5)15(22)11-19(21)26-20(13(21)2)14-7-8-16(23-3)17(10-14)24-4/h6-8,10,12-13,19-20H,1,9,11H2,2-5H3. The number of carbonyl (C=O) groups excluding carboxylic acids is 1. The molecule has 1 fully saturated rings. The van der Waals surface area contributed by atoms with Crippen molar-refractivity contribution in [2.75, 3.05) is 21.3 Å². The van der Waals surface area contributed by atoms with Crippen LogP contribution < -0.4 is 9.47 Å². The molecule has 4 unspecified atom stereocenters. The van der Waals surface area contributed by atoms with E-state index < -0.39 is 0 Å². The smallest absolute Gasteiger partial charge is 0.199 e. The van der Waals surface area contributed by atoms with Crippen LogP contribution in [0.3, 0.4) is 0 Å². The second kappa shape index (κ2) is 7.16. The van der Waals surface area contributed by atoms with Crippen LogP contribution >= 0.6 is 0 Å². The number of allylic oxidation sites excluding steroid dienone is 2. The summed E-state index contributed by atoms with van der Waals surface area (Å²) in [6.07, 6.45) is 4.55. The summed E-state index contributed by atoms with van der Waals surface area (Å²) in [5.74, 6) is 1.89. The average molecular weight is 358 g/mol. The number of Topliss-reactive ketones (excluding diaryl/α,β-unsaturated/α-hetero) is 1. The van der Waals surface area contributed by atoms with Crippen LogP contribution in [0.25, 0.3) is 0 Å². The fourth-order valence-corrected chi connectivity index (χ4v) is 4.25. The molecule has 0 aromatic heterocycles. The van der Waals surface area contributed by atoms with Crippen LogP contribution in [0.15, 0.2) is 42.7 Å². The van der Waals surface area contributed by atoms with Gasteiger partial charge in [-0.15, -0.1) is 6.58 Å². The van der Waals surface area contributed by atoms with Gasteiger partial charge in [-0.3, -0.25) is 4.79 Å². The van der Waals surface area contributed by atoms with E-state index in [0.29, 0.717) is 23.7 Å². The maximum absolute atomic E-state index is 12.3. The predicted octanol–water partition coefficient (Wildman–Crippen LogP) is 3.85. The van der Waals surface area contributed by atoms with Crippen molar-refractivity contribution in [3.05, 3.63) is 48.3 Å². The first-order valence-electron chi connectivity index (χ1n) is 8.79. The van der Waals surface area contributed by atoms with E-state index in [2.05, 4.69) is 13.5 Å². The normalized spacial score (nSPS) is 30.4. The Balaban J connectivity index is 2.02. The molecule has 2 aliphatic rings. The van der Waals surface area contributed by atoms with Gasteiger partial charge in [0.1, 0.15) is 0 Å². The van der Waals surface area contributed by atoms with Crippen LogP contribution in [0.4, 0.5) is 0 Å². The van der Waals surface area contributed by atoms with Crippen LogP contribution in [-0.2, 0) is 14.3 Å². The molecule has 140 valence electrons. The molecule has 1 aromatic rings. The molecule has 1 aliphatic heterocycles. The molecule has 0 amide bonds. The topological polar surface area (TPSA) is 54.0 Å². The van der Waals surface area contributed by atoms with Crippen LogP contribution in [0, 0.1) is 11.3 Å². The van der Waals surface area contributed by atoms with Gasteiger partial charge < -0.3 is 18.9 Å². The van der Waals surface area contributed by atoms with Crippen LogP contribution in [0.5, 0.6) is 11.5 Å². The van der Waals surface area contributed by atoms with Crippen molar-refractivity contribution < 1.29 is 23.7 Å². The van der Waals surface area contributed by atoms with Crippen molar-refractivity contribution >= 4 is 5.78 Å². The Labute approximate surface area is 154 Å². The first kappa shape index (κ1) is 18.5. The molecule has 1 saturated heterocycles. The summed E-state index contributed by atoms with van der Waals surface area (Å²) < 4.78 is 22.5. The summed E-state index contributed by atoms with van der Waals surface area (Å²) in [6, 6.07) is 5.82. The van der Waals surface area contributed by atoms with E-state index in [1.54, 1.807) is 14.2 Å². The van der Waals surface area contributed by atoms with E-state index >= 15 is 0 Å². The molecular weight excluding hydrogens is 332 g/mol. The fourth-order valence-electron chi connectivity index (χ4n) is 4.25. The molecule has 4 atom stereocenters. The number of fused-ring (bicyclic) bond motifs is 1. The number of carbonyl (C=O) groups is 1. The molecule has 5 nitrogen and oxygen atoms in total. The lowest BCUT2D eigenvalue weighted by atomic mass is 9.65. The summed E-state index contributed by atoms with van der Waals surface area (Å²) in [5.41, 5.74) is 0.701. The highest BCUT2D eigenvalue weighted by Crippen LogP contribution is 2.57. The van der Waals surface area contributed by atoms with E-state index in [1.807, 2.05) is 30.4 Å². The van der Waals surface area contributed by atoms with E-state index in [0.717, 1.165) is 12.0 Å². The third-order valence-corrected chi connectivity index (χ3v) is 5.71. The predicted molar refractivity (Wildman–Crippen MR) is 98.3 cm³/mol. The molecule has 5 heteroatoms. The maximum Gasteiger partial charge on any atom is 0.199 e. The van der Waals surface area contributed by atoms with E-state index in [1.165, 1.54) is 7.11 Å². The van der Waals surface area contributed by atoms with E-state index in [-0.39, 0.29) is 29.3 Å². The van der Waals surface area contributed by atoms with Gasteiger partial charge in [0, 0.05) is 11.8 Å². The van der Waals surface area contributed by atoms with Crippen molar-refractivity contribution in [2.45, 2.75) is 32.0 Å². The van der Waals surface area contributed by atoms with Gasteiger partial charge in [-0.25, -0.2) is 0 Å². The first-order valence-corrected chi connectivity index (χ1v) is 8.79. The minimum atomic E-state index is -0.307. The second-order valence-corrected chi connectivity index (χ2v) is 6.89. The molecule has 0 spiro atoms. The molecule has 1 aliphatic carbocycles. The summed E-state index contributed by atoms with van der Waals surface area (Å²) in [6.45, 7) is 6.07. The molecule has 0 N–H and O–H groups in total. The largest absolute Gasteiger partial charge is 0.493 e. The van der Waals surface area contributed by atoms with E-state index in [9.17, 15) is 4.79 Å². The minimum Gasteiger partial charge on any atom is -0.493 e. The van der Waals surface area contributed by atoms with Gasteiger partial charge in [0.2, 0.25) is 0 Å². The Hall–Kier alpha value is -2.27. The number of ketones is 1. The summed E-state index contributed by atoms with van der Waals surface area (Å²) >= 11 is 0. The molecule has 26 heavy (non-hydrogen) atoms. The van der Waals surface area contributed by atoms with Gasteiger partial charge in [0.05, 0.1) is 33.5 Å². The summed E-state index contributed by atoms with van der Waals surface area (Å²) in [5, 5.41) is 0. The lowest BCUT2D eigenvalue weighted by Crippen LogP contribution is -2.39. The zero-order chi connectivity index (χ0) is 18.9. The zero-order valence-electron chi connectivity index (χ0n) is 15.8. The van der Waals surface area contributed by atoms with Gasteiger partial charge in [-0.2, -0.15) is 0 Å². The highest BCUT2D eigenvalue weighted by Gasteiger charge is 2.55. The molecule has 0 radical (unpaired) electrons. The third-order valence-electron chi connectivity index (χ3n) is 5.71. The Morgan fingerprint density at radius 1 is 1.23 bits per heavy atom. The Bertz CT molecular complexity index is 738. The number of hydrogen-bond donors (Lipinski definition) is 0. The number of benzene rings is 1. The summed E-state index contributed by atoms with van der Waals surface area (Å²) in [7, 11) is 4.77. The number of ether oxygens (including phenoxy) is 4. The Kier molecular flexibility index (Phi) is 5.10. The number of hydrogen-bond acceptors (Lipinski definition) is 5. The number of rotatable bonds is 6. The minimum absolute atomic E-state index is 0.0163. The molecule has 0 saturated carbocycles. The van der Waals surface area contributed by atoms with Gasteiger partial charge in [0.15, 0.2) is 23.0 Å². The molecule has 3 rings (SSSR count). The second-order valence-electron chi connectivity index (χ2n) is 6.89. The van der Waals surface area contributed by atoms with Gasteiger partial charge in [0.25, 0.3) is 0 Å². The zero-order valence-corrected chi connectivity index (χ0v) is 15.8. The van der Waals surface area contributed by atoms with E-state index in [4.69, 9.17) is 18.9 Å². The lowest BCUT2D eigenvalue weighted by Gasteiger charge is -2.37. The van der Waals surface area contributed by atoms with Crippen LogP contribution in [-0.4, -0.2) is 33.2 Å². The monoisotopic (exact) mass is 358 g/mol. The van der Waals surface area contributed by atoms with Gasteiger partial charge >= 0.3 is 0 Å². The van der Waals surface area contributed by atoms with Gasteiger partial charge in [-0.05, 0) is 36.1 Å². The van der Waals surface area contributed by atoms with Crippen molar-refractivity contribution in [1.29, 1.82) is 0 Å². The molecule has 0 bridgehead atoms. The van der Waals surface area contributed by atoms with Crippen LogP contribution in [0.1, 0.15) is 31.4 Å². The third kappa shape index (κ3) is 2.80. The van der Waals surface area contributed by atoms with Gasteiger partial charge in [-0.1, -0.05) is 19.1 Å². The average Bonchev–Trinajstić information content (AvgIpc) is 2.93. The van der Waals surface area contributed by atoms with Crippen molar-refractivity contribution in [2.24, 2.45) is 11.3 Å². The first-order chi connectivity index (χ1) is 12.5. The molecular formula is C21H26O5. The van der Waals surface area contributed by atoms with Crippen LogP contribution in [0.2, 0.25) is 0 Å². The number of methoxy groups -OCH3 is 3. The Morgan fingerprint density at radius 2 is 1.96 bits per heavy atom. The fraction of sp³-hybridized carbons (Fsp3) is 0.476. The van der Waals surface area contributed by atoms with Crippen molar-refractivity contribution in [1.82, 2.24) is 0 Å². The lowest BCUT2D eigenvalue weighted by molar-refractivity contribution is -0.123. The van der Waals surface area contributed by atoms with Crippen molar-refractivity contribution in [3.8, 4) is 11.5 Å².